The highest BCUT2D eigenvalue weighted by Crippen LogP contribution is 2.19. The Hall–Kier alpha value is -2.08. The van der Waals surface area contributed by atoms with Gasteiger partial charge in [0.05, 0.1) is 0 Å². The number of benzene rings is 1. The zero-order valence-electron chi connectivity index (χ0n) is 12.5. The van der Waals surface area contributed by atoms with Crippen LogP contribution in [0.1, 0.15) is 36.0 Å². The average Bonchev–Trinajstić information content (AvgIpc) is 3.32. The van der Waals surface area contributed by atoms with Crippen LogP contribution >= 0.6 is 0 Å². The molecule has 1 aromatic carbocycles. The van der Waals surface area contributed by atoms with Crippen molar-refractivity contribution in [2.24, 2.45) is 0 Å². The molecule has 1 heterocycles. The molecule has 1 saturated carbocycles. The van der Waals surface area contributed by atoms with E-state index in [2.05, 4.69) is 21.3 Å². The lowest BCUT2D eigenvalue weighted by Crippen LogP contribution is -2.45. The van der Waals surface area contributed by atoms with Crippen molar-refractivity contribution in [3.8, 4) is 0 Å². The van der Waals surface area contributed by atoms with Gasteiger partial charge in [-0.15, -0.1) is 0 Å². The summed E-state index contributed by atoms with van der Waals surface area (Å²) >= 11 is 0. The van der Waals surface area contributed by atoms with Crippen molar-refractivity contribution in [3.63, 3.8) is 0 Å². The van der Waals surface area contributed by atoms with Gasteiger partial charge in [0, 0.05) is 29.9 Å². The lowest BCUT2D eigenvalue weighted by molar-refractivity contribution is 0.0930. The third-order valence-corrected chi connectivity index (χ3v) is 3.93. The van der Waals surface area contributed by atoms with E-state index in [1.165, 1.54) is 0 Å². The minimum absolute atomic E-state index is 0.0973. The van der Waals surface area contributed by atoms with Crippen molar-refractivity contribution in [1.82, 2.24) is 16.0 Å². The Labute approximate surface area is 130 Å². The largest absolute Gasteiger partial charge is 0.348 e. The topological polar surface area (TPSA) is 82.3 Å². The van der Waals surface area contributed by atoms with Crippen LogP contribution in [0, 0.1) is 0 Å². The molecule has 0 radical (unpaired) electrons. The first kappa shape index (κ1) is 14.8. The second-order valence-corrected chi connectivity index (χ2v) is 5.97. The molecule has 1 aliphatic heterocycles. The van der Waals surface area contributed by atoms with Crippen molar-refractivity contribution in [1.29, 1.82) is 0 Å². The Kier molecular flexibility index (Phi) is 4.58. The molecule has 22 heavy (non-hydrogen) atoms. The van der Waals surface area contributed by atoms with Crippen molar-refractivity contribution in [2.45, 2.75) is 37.8 Å². The van der Waals surface area contributed by atoms with Gasteiger partial charge in [-0.05, 0) is 50.4 Å². The van der Waals surface area contributed by atoms with Gasteiger partial charge in [-0.2, -0.15) is 0 Å². The van der Waals surface area contributed by atoms with Gasteiger partial charge in [0.25, 0.3) is 5.91 Å². The third-order valence-electron chi connectivity index (χ3n) is 3.93. The summed E-state index contributed by atoms with van der Waals surface area (Å²) < 4.78 is 0. The molecule has 6 heteroatoms. The van der Waals surface area contributed by atoms with Crippen LogP contribution in [-0.4, -0.2) is 37.1 Å². The lowest BCUT2D eigenvalue weighted by atomic mass is 10.1. The molecule has 0 bridgehead atoms. The predicted octanol–water partition coefficient (Wildman–Crippen LogP) is 1.45. The second kappa shape index (κ2) is 6.79. The van der Waals surface area contributed by atoms with Gasteiger partial charge in [0.1, 0.15) is 0 Å². The molecular formula is C16H22N4O2. The molecule has 0 spiro atoms. The van der Waals surface area contributed by atoms with E-state index in [-0.39, 0.29) is 18.0 Å². The molecule has 1 saturated heterocycles. The molecule has 2 fully saturated rings. The molecule has 0 aromatic heterocycles. The summed E-state index contributed by atoms with van der Waals surface area (Å²) in [5, 5.41) is 11.9. The monoisotopic (exact) mass is 302 g/mol. The molecule has 4 N–H and O–H groups in total. The lowest BCUT2D eigenvalue weighted by Gasteiger charge is -2.23. The predicted molar refractivity (Wildman–Crippen MR) is 85.0 cm³/mol. The number of rotatable bonds is 4. The van der Waals surface area contributed by atoms with Crippen LogP contribution in [0.2, 0.25) is 0 Å². The molecule has 1 unspecified atom stereocenters. The van der Waals surface area contributed by atoms with Crippen LogP contribution in [0.4, 0.5) is 10.5 Å². The van der Waals surface area contributed by atoms with Crippen LogP contribution in [0.3, 0.4) is 0 Å². The highest BCUT2D eigenvalue weighted by molar-refractivity contribution is 5.97. The normalized spacial score (nSPS) is 21.0. The van der Waals surface area contributed by atoms with Crippen LogP contribution in [0.25, 0.3) is 0 Å². The van der Waals surface area contributed by atoms with Gasteiger partial charge in [-0.25, -0.2) is 4.79 Å². The summed E-state index contributed by atoms with van der Waals surface area (Å²) in [5.74, 6) is -0.0973. The van der Waals surface area contributed by atoms with Crippen molar-refractivity contribution in [2.75, 3.05) is 18.4 Å². The number of hydrogen-bond acceptors (Lipinski definition) is 3. The van der Waals surface area contributed by atoms with E-state index in [0.717, 1.165) is 38.8 Å². The maximum Gasteiger partial charge on any atom is 0.319 e. The van der Waals surface area contributed by atoms with Crippen molar-refractivity contribution in [3.05, 3.63) is 29.8 Å². The van der Waals surface area contributed by atoms with Gasteiger partial charge in [0.2, 0.25) is 0 Å². The van der Waals surface area contributed by atoms with E-state index >= 15 is 0 Å². The quantitative estimate of drug-likeness (QED) is 0.679. The Morgan fingerprint density at radius 3 is 2.68 bits per heavy atom. The summed E-state index contributed by atoms with van der Waals surface area (Å²) in [6, 6.07) is 7.30. The summed E-state index contributed by atoms with van der Waals surface area (Å²) in [7, 11) is 0. The SMILES string of the molecule is O=C(Nc1cccc(C(=O)NC2CCCNC2)c1)NC1CC1. The highest BCUT2D eigenvalue weighted by Gasteiger charge is 2.23. The average molecular weight is 302 g/mol. The van der Waals surface area contributed by atoms with Crippen LogP contribution in [-0.2, 0) is 0 Å². The van der Waals surface area contributed by atoms with E-state index < -0.39 is 0 Å². The number of piperidine rings is 1. The molecule has 1 aromatic rings. The fourth-order valence-corrected chi connectivity index (χ4v) is 2.56. The number of carbonyl (C=O) groups is 2. The van der Waals surface area contributed by atoms with Gasteiger partial charge >= 0.3 is 6.03 Å². The number of hydrogen-bond donors (Lipinski definition) is 4. The second-order valence-electron chi connectivity index (χ2n) is 5.97. The maximum absolute atomic E-state index is 12.3. The van der Waals surface area contributed by atoms with E-state index in [9.17, 15) is 9.59 Å². The minimum Gasteiger partial charge on any atom is -0.348 e. The first-order valence-electron chi connectivity index (χ1n) is 7.90. The first-order valence-corrected chi connectivity index (χ1v) is 7.90. The fourth-order valence-electron chi connectivity index (χ4n) is 2.56. The van der Waals surface area contributed by atoms with Crippen LogP contribution in [0.15, 0.2) is 24.3 Å². The number of anilines is 1. The standard InChI is InChI=1S/C16H22N4O2/c21-15(18-14-5-2-8-17-10-14)11-3-1-4-13(9-11)20-16(22)19-12-6-7-12/h1,3-4,9,12,14,17H,2,5-8,10H2,(H,18,21)(H2,19,20,22). The minimum atomic E-state index is -0.212. The molecule has 1 atom stereocenters. The zero-order chi connectivity index (χ0) is 15.4. The molecule has 2 aliphatic rings. The van der Waals surface area contributed by atoms with Gasteiger partial charge in [-0.3, -0.25) is 4.79 Å². The molecule has 3 rings (SSSR count). The van der Waals surface area contributed by atoms with E-state index in [4.69, 9.17) is 0 Å². The molecule has 6 nitrogen and oxygen atoms in total. The summed E-state index contributed by atoms with van der Waals surface area (Å²) in [6.45, 7) is 1.83. The number of carbonyl (C=O) groups excluding carboxylic acids is 2. The molecule has 118 valence electrons. The fraction of sp³-hybridized carbons (Fsp3) is 0.500. The van der Waals surface area contributed by atoms with E-state index in [1.54, 1.807) is 24.3 Å². The Morgan fingerprint density at radius 1 is 1.09 bits per heavy atom. The smallest absolute Gasteiger partial charge is 0.319 e. The summed E-state index contributed by atoms with van der Waals surface area (Å²) in [4.78, 5) is 24.0. The van der Waals surface area contributed by atoms with Crippen molar-refractivity contribution >= 4 is 17.6 Å². The first-order chi connectivity index (χ1) is 10.7. The highest BCUT2D eigenvalue weighted by atomic mass is 16.2. The number of amides is 3. The Morgan fingerprint density at radius 2 is 1.95 bits per heavy atom. The number of nitrogens with one attached hydrogen (secondary N) is 4. The van der Waals surface area contributed by atoms with Crippen LogP contribution in [0.5, 0.6) is 0 Å². The van der Waals surface area contributed by atoms with Crippen LogP contribution < -0.4 is 21.3 Å². The van der Waals surface area contributed by atoms with E-state index in [1.807, 2.05) is 0 Å². The summed E-state index contributed by atoms with van der Waals surface area (Å²) in [5.41, 5.74) is 1.20. The van der Waals surface area contributed by atoms with Gasteiger partial charge in [0.15, 0.2) is 0 Å². The molecular weight excluding hydrogens is 280 g/mol. The maximum atomic E-state index is 12.3. The Bertz CT molecular complexity index is 551. The third kappa shape index (κ3) is 4.21. The number of urea groups is 1. The van der Waals surface area contributed by atoms with Gasteiger partial charge in [-0.1, -0.05) is 6.07 Å². The van der Waals surface area contributed by atoms with Crippen molar-refractivity contribution < 1.29 is 9.59 Å². The van der Waals surface area contributed by atoms with Gasteiger partial charge < -0.3 is 21.3 Å². The Balaban J connectivity index is 1.57. The molecule has 1 aliphatic carbocycles. The summed E-state index contributed by atoms with van der Waals surface area (Å²) in [6.07, 6.45) is 4.17. The van der Waals surface area contributed by atoms with E-state index in [0.29, 0.717) is 17.3 Å². The zero-order valence-corrected chi connectivity index (χ0v) is 12.5. The molecule has 3 amide bonds.